The van der Waals surface area contributed by atoms with Gasteiger partial charge in [0.1, 0.15) is 36.6 Å². The first-order valence-electron chi connectivity index (χ1n) is 9.18. The number of allylic oxidation sites excluding steroid dienone is 2. The van der Waals surface area contributed by atoms with Crippen molar-refractivity contribution in [2.75, 3.05) is 6.73 Å². The van der Waals surface area contributed by atoms with Gasteiger partial charge in [-0.1, -0.05) is 17.7 Å². The standard InChI is InChI=1S/C20H24F2N4O2/c1-14(2)5-4-6-19(27)26-13-28-20(15(26)3,10-25-12-23-11-24-25)17-8-7-16(21)9-18(17)22/h5,7-9,11-12,15H,4,6,10,13H2,1-3H3/t15-,20-/m1/s1. The SMILES string of the molecule is CC(C)=CCCC(=O)N1CO[C@@](Cn2cncn2)(c2ccc(F)cc2F)[C@H]1C. The third-order valence-electron chi connectivity index (χ3n) is 5.09. The van der Waals surface area contributed by atoms with Crippen molar-refractivity contribution in [3.63, 3.8) is 0 Å². The number of amides is 1. The van der Waals surface area contributed by atoms with E-state index in [1.807, 2.05) is 26.8 Å². The molecule has 0 radical (unpaired) electrons. The largest absolute Gasteiger partial charge is 0.346 e. The average Bonchev–Trinajstić information content (AvgIpc) is 3.24. The fraction of sp³-hybridized carbons (Fsp3) is 0.450. The second-order valence-corrected chi connectivity index (χ2v) is 7.24. The molecule has 28 heavy (non-hydrogen) atoms. The number of rotatable bonds is 6. The summed E-state index contributed by atoms with van der Waals surface area (Å²) in [6.45, 7) is 5.94. The molecule has 0 bridgehead atoms. The van der Waals surface area contributed by atoms with Gasteiger partial charge in [-0.15, -0.1) is 0 Å². The Balaban J connectivity index is 1.92. The second kappa shape index (κ2) is 8.18. The first-order valence-corrected chi connectivity index (χ1v) is 9.18. The van der Waals surface area contributed by atoms with E-state index in [1.165, 1.54) is 29.5 Å². The van der Waals surface area contributed by atoms with Gasteiger partial charge < -0.3 is 9.64 Å². The van der Waals surface area contributed by atoms with Crippen molar-refractivity contribution < 1.29 is 18.3 Å². The molecule has 1 aliphatic rings. The molecule has 1 fully saturated rings. The molecule has 2 aromatic rings. The summed E-state index contributed by atoms with van der Waals surface area (Å²) >= 11 is 0. The average molecular weight is 390 g/mol. The molecule has 6 nitrogen and oxygen atoms in total. The monoisotopic (exact) mass is 390 g/mol. The molecule has 1 aliphatic heterocycles. The van der Waals surface area contributed by atoms with E-state index in [0.29, 0.717) is 12.8 Å². The third kappa shape index (κ3) is 3.96. The van der Waals surface area contributed by atoms with E-state index in [9.17, 15) is 13.6 Å². The highest BCUT2D eigenvalue weighted by Gasteiger charge is 2.51. The Morgan fingerprint density at radius 2 is 2.18 bits per heavy atom. The molecule has 3 rings (SSSR count). The lowest BCUT2D eigenvalue weighted by Gasteiger charge is -2.34. The summed E-state index contributed by atoms with van der Waals surface area (Å²) in [7, 11) is 0. The van der Waals surface area contributed by atoms with Crippen LogP contribution in [0, 0.1) is 11.6 Å². The van der Waals surface area contributed by atoms with E-state index >= 15 is 0 Å². The van der Waals surface area contributed by atoms with Gasteiger partial charge in [-0.2, -0.15) is 5.10 Å². The van der Waals surface area contributed by atoms with Crippen molar-refractivity contribution in [3.05, 3.63) is 59.7 Å². The van der Waals surface area contributed by atoms with Crippen LogP contribution in [-0.2, 0) is 21.7 Å². The zero-order valence-corrected chi connectivity index (χ0v) is 16.2. The summed E-state index contributed by atoms with van der Waals surface area (Å²) in [4.78, 5) is 18.2. The lowest BCUT2D eigenvalue weighted by molar-refractivity contribution is -0.132. The van der Waals surface area contributed by atoms with Gasteiger partial charge in [-0.25, -0.2) is 18.4 Å². The molecule has 0 aliphatic carbocycles. The van der Waals surface area contributed by atoms with Crippen molar-refractivity contribution >= 4 is 5.91 Å². The number of halogens is 2. The molecule has 0 saturated carbocycles. The molecule has 2 heterocycles. The number of benzene rings is 1. The minimum atomic E-state index is -1.20. The van der Waals surface area contributed by atoms with E-state index in [1.54, 1.807) is 4.90 Å². The van der Waals surface area contributed by atoms with Crippen molar-refractivity contribution in [1.82, 2.24) is 19.7 Å². The fourth-order valence-corrected chi connectivity index (χ4v) is 3.54. The molecular formula is C20H24F2N4O2. The molecular weight excluding hydrogens is 366 g/mol. The Labute approximate surface area is 162 Å². The highest BCUT2D eigenvalue weighted by molar-refractivity contribution is 5.77. The predicted octanol–water partition coefficient (Wildman–Crippen LogP) is 3.40. The normalized spacial score (nSPS) is 21.8. The van der Waals surface area contributed by atoms with Crippen LogP contribution in [0.25, 0.3) is 0 Å². The van der Waals surface area contributed by atoms with Gasteiger partial charge >= 0.3 is 0 Å². The van der Waals surface area contributed by atoms with Gasteiger partial charge in [0.05, 0.1) is 12.6 Å². The molecule has 150 valence electrons. The van der Waals surface area contributed by atoms with Crippen LogP contribution in [-0.4, -0.2) is 38.3 Å². The van der Waals surface area contributed by atoms with E-state index in [4.69, 9.17) is 4.74 Å². The molecule has 1 aromatic carbocycles. The van der Waals surface area contributed by atoms with Gasteiger partial charge in [0.2, 0.25) is 5.91 Å². The fourth-order valence-electron chi connectivity index (χ4n) is 3.54. The maximum atomic E-state index is 14.7. The van der Waals surface area contributed by atoms with E-state index < -0.39 is 23.3 Å². The van der Waals surface area contributed by atoms with Crippen LogP contribution in [0.2, 0.25) is 0 Å². The van der Waals surface area contributed by atoms with Gasteiger partial charge in [-0.05, 0) is 33.3 Å². The zero-order chi connectivity index (χ0) is 20.3. The van der Waals surface area contributed by atoms with E-state index in [2.05, 4.69) is 10.1 Å². The number of carbonyl (C=O) groups is 1. The van der Waals surface area contributed by atoms with Gasteiger partial charge in [-0.3, -0.25) is 4.79 Å². The summed E-state index contributed by atoms with van der Waals surface area (Å²) < 4.78 is 35.7. The first kappa shape index (κ1) is 20.1. The highest BCUT2D eigenvalue weighted by atomic mass is 19.1. The lowest BCUT2D eigenvalue weighted by atomic mass is 9.86. The summed E-state index contributed by atoms with van der Waals surface area (Å²) in [5.74, 6) is -1.46. The van der Waals surface area contributed by atoms with E-state index in [0.717, 1.165) is 11.6 Å². The van der Waals surface area contributed by atoms with Crippen molar-refractivity contribution in [2.45, 2.75) is 51.8 Å². The molecule has 0 spiro atoms. The van der Waals surface area contributed by atoms with Crippen molar-refractivity contribution in [3.8, 4) is 0 Å². The molecule has 2 atom stereocenters. The quantitative estimate of drug-likeness (QED) is 0.710. The number of carbonyl (C=O) groups excluding carboxylic acids is 1. The topological polar surface area (TPSA) is 60.2 Å². The van der Waals surface area contributed by atoms with Crippen LogP contribution in [0.15, 0.2) is 42.5 Å². The van der Waals surface area contributed by atoms with Crippen LogP contribution >= 0.6 is 0 Å². The maximum absolute atomic E-state index is 14.7. The van der Waals surface area contributed by atoms with Crippen LogP contribution in [0.3, 0.4) is 0 Å². The van der Waals surface area contributed by atoms with Gasteiger partial charge in [0, 0.05) is 18.1 Å². The second-order valence-electron chi connectivity index (χ2n) is 7.24. The molecule has 8 heteroatoms. The van der Waals surface area contributed by atoms with Crippen LogP contribution in [0.4, 0.5) is 8.78 Å². The van der Waals surface area contributed by atoms with Crippen LogP contribution < -0.4 is 0 Å². The smallest absolute Gasteiger partial charge is 0.225 e. The molecule has 0 unspecified atom stereocenters. The highest BCUT2D eigenvalue weighted by Crippen LogP contribution is 2.41. The first-order chi connectivity index (χ1) is 13.3. The van der Waals surface area contributed by atoms with Gasteiger partial charge in [0.25, 0.3) is 0 Å². The number of hydrogen-bond acceptors (Lipinski definition) is 4. The Kier molecular flexibility index (Phi) is 5.88. The number of nitrogens with zero attached hydrogens (tertiary/aromatic N) is 4. The zero-order valence-electron chi connectivity index (χ0n) is 16.2. The lowest BCUT2D eigenvalue weighted by Crippen LogP contribution is -2.46. The number of aromatic nitrogens is 3. The number of hydrogen-bond donors (Lipinski definition) is 0. The minimum absolute atomic E-state index is 0.0281. The Hall–Kier alpha value is -2.61. The Morgan fingerprint density at radius 1 is 1.39 bits per heavy atom. The summed E-state index contributed by atoms with van der Waals surface area (Å²) in [6.07, 6.45) is 5.84. The van der Waals surface area contributed by atoms with Gasteiger partial charge in [0.15, 0.2) is 0 Å². The summed E-state index contributed by atoms with van der Waals surface area (Å²) in [5.41, 5.74) is 0.140. The van der Waals surface area contributed by atoms with Crippen molar-refractivity contribution in [2.24, 2.45) is 0 Å². The van der Waals surface area contributed by atoms with Crippen LogP contribution in [0.1, 0.15) is 39.2 Å². The molecule has 1 saturated heterocycles. The summed E-state index contributed by atoms with van der Waals surface area (Å²) in [5, 5.41) is 4.09. The summed E-state index contributed by atoms with van der Waals surface area (Å²) in [6, 6.07) is 2.91. The number of ether oxygens (including phenoxy) is 1. The van der Waals surface area contributed by atoms with Crippen LogP contribution in [0.5, 0.6) is 0 Å². The predicted molar refractivity (Wildman–Crippen MR) is 99.0 cm³/mol. The molecule has 1 aromatic heterocycles. The minimum Gasteiger partial charge on any atom is -0.346 e. The Morgan fingerprint density at radius 3 is 2.82 bits per heavy atom. The van der Waals surface area contributed by atoms with Crippen molar-refractivity contribution in [1.29, 1.82) is 0 Å². The maximum Gasteiger partial charge on any atom is 0.225 e. The third-order valence-corrected chi connectivity index (χ3v) is 5.09. The Bertz CT molecular complexity index is 865. The van der Waals surface area contributed by atoms with E-state index in [-0.39, 0.29) is 24.7 Å². The molecule has 1 amide bonds. The molecule has 0 N–H and O–H groups in total.